The summed E-state index contributed by atoms with van der Waals surface area (Å²) in [5, 5.41) is 19.8. The van der Waals surface area contributed by atoms with Crippen LogP contribution < -0.4 is 0 Å². The van der Waals surface area contributed by atoms with Crippen molar-refractivity contribution < 1.29 is 19.8 Å². The fraction of sp³-hybridized carbons (Fsp3) is 0.900. The number of hydrogen-bond donors (Lipinski definition) is 2. The number of unbranched alkanes of at least 4 members (excludes halogenated alkanes) is 6. The van der Waals surface area contributed by atoms with Gasteiger partial charge in [-0.1, -0.05) is 79.1 Å². The smallest absolute Gasteiger partial charge is 0.319 e. The van der Waals surface area contributed by atoms with E-state index in [-0.39, 0.29) is 0 Å². The minimum absolute atomic E-state index is 0.461. The largest absolute Gasteiger partial charge is 0.480 e. The molecule has 5 heteroatoms. The topological polar surface area (TPSA) is 74.6 Å². The highest BCUT2D eigenvalue weighted by atomic mass is 32.2. The van der Waals surface area contributed by atoms with Gasteiger partial charge >= 0.3 is 11.9 Å². The molecule has 2 unspecified atom stereocenters. The van der Waals surface area contributed by atoms with Gasteiger partial charge in [-0.25, -0.2) is 0 Å². The summed E-state index contributed by atoms with van der Waals surface area (Å²) in [6.07, 6.45) is 10.1. The van der Waals surface area contributed by atoms with Gasteiger partial charge in [0.1, 0.15) is 9.49 Å². The van der Waals surface area contributed by atoms with Crippen LogP contribution in [0.5, 0.6) is 0 Å². The van der Waals surface area contributed by atoms with Crippen LogP contribution in [0.4, 0.5) is 0 Å². The molecule has 0 saturated carbocycles. The minimum Gasteiger partial charge on any atom is -0.480 e. The predicted octanol–water partition coefficient (Wildman–Crippen LogP) is 6.13. The van der Waals surface area contributed by atoms with Crippen molar-refractivity contribution in [3.8, 4) is 0 Å². The summed E-state index contributed by atoms with van der Waals surface area (Å²) in [6.45, 7) is 8.00. The summed E-state index contributed by atoms with van der Waals surface area (Å²) in [7, 11) is 0. The van der Waals surface area contributed by atoms with Crippen molar-refractivity contribution in [2.45, 2.75) is 114 Å². The maximum Gasteiger partial charge on any atom is 0.319 e. The quantitative estimate of drug-likeness (QED) is 0.318. The highest BCUT2D eigenvalue weighted by Crippen LogP contribution is 2.47. The number of carboxylic acids is 2. The summed E-state index contributed by atoms with van der Waals surface area (Å²) < 4.78 is -1.99. The molecule has 0 saturated heterocycles. The summed E-state index contributed by atoms with van der Waals surface area (Å²) in [6, 6.07) is 0. The van der Waals surface area contributed by atoms with Gasteiger partial charge in [-0.2, -0.15) is 0 Å². The summed E-state index contributed by atoms with van der Waals surface area (Å²) in [4.78, 5) is 24.2. The second-order valence-electron chi connectivity index (χ2n) is 7.03. The Kier molecular flexibility index (Phi) is 12.3. The van der Waals surface area contributed by atoms with Crippen LogP contribution in [0.3, 0.4) is 0 Å². The van der Waals surface area contributed by atoms with Crippen molar-refractivity contribution in [3.05, 3.63) is 0 Å². The van der Waals surface area contributed by atoms with E-state index in [1.54, 1.807) is 0 Å². The molecule has 0 amide bonds. The number of carboxylic acid groups (broad SMARTS) is 2. The summed E-state index contributed by atoms with van der Waals surface area (Å²) in [5.74, 6) is -1.71. The van der Waals surface area contributed by atoms with Gasteiger partial charge in [-0.15, -0.1) is 11.8 Å². The second kappa shape index (κ2) is 12.6. The van der Waals surface area contributed by atoms with Crippen LogP contribution in [0.2, 0.25) is 0 Å². The summed E-state index contributed by atoms with van der Waals surface area (Å²) in [5.41, 5.74) is 0. The second-order valence-corrected chi connectivity index (χ2v) is 8.80. The molecule has 4 nitrogen and oxygen atoms in total. The van der Waals surface area contributed by atoms with Gasteiger partial charge < -0.3 is 10.2 Å². The van der Waals surface area contributed by atoms with E-state index < -0.39 is 21.4 Å². The van der Waals surface area contributed by atoms with Crippen LogP contribution in [0.25, 0.3) is 0 Å². The third kappa shape index (κ3) is 7.59. The lowest BCUT2D eigenvalue weighted by molar-refractivity contribution is -0.140. The third-order valence-corrected chi connectivity index (χ3v) is 7.30. The highest BCUT2D eigenvalue weighted by molar-refractivity contribution is 8.03. The standard InChI is InChI=1S/C20H38O4S/c1-5-9-11-13-15-19(7-3,17(21)22)25-20(8-4,18(23)24)16-14-12-10-6-2/h5-16H2,1-4H3,(H,21,22)(H,23,24). The van der Waals surface area contributed by atoms with Crippen molar-refractivity contribution in [2.24, 2.45) is 0 Å². The van der Waals surface area contributed by atoms with Crippen molar-refractivity contribution in [3.63, 3.8) is 0 Å². The van der Waals surface area contributed by atoms with Crippen LogP contribution in [0.15, 0.2) is 0 Å². The fourth-order valence-corrected chi connectivity index (χ4v) is 4.96. The molecular weight excluding hydrogens is 336 g/mol. The molecule has 2 atom stereocenters. The summed E-state index contributed by atoms with van der Waals surface area (Å²) >= 11 is 1.22. The van der Waals surface area contributed by atoms with Crippen LogP contribution in [-0.2, 0) is 9.59 Å². The fourth-order valence-electron chi connectivity index (χ4n) is 3.25. The van der Waals surface area contributed by atoms with Crippen molar-refractivity contribution in [1.82, 2.24) is 0 Å². The van der Waals surface area contributed by atoms with Crippen LogP contribution in [0, 0.1) is 0 Å². The number of hydrogen-bond acceptors (Lipinski definition) is 3. The molecule has 0 rings (SSSR count). The Morgan fingerprint density at radius 3 is 1.28 bits per heavy atom. The Bertz CT molecular complexity index is 363. The Morgan fingerprint density at radius 1 is 0.680 bits per heavy atom. The van der Waals surface area contributed by atoms with E-state index in [2.05, 4.69) is 13.8 Å². The molecule has 0 aromatic carbocycles. The molecule has 0 aromatic heterocycles. The SMILES string of the molecule is CCCCCCC(CC)(SC(CC)(CCCCCC)C(=O)O)C(=O)O. The molecule has 0 fully saturated rings. The molecule has 0 bridgehead atoms. The van der Waals surface area contributed by atoms with Gasteiger partial charge in [0.05, 0.1) is 0 Å². The van der Waals surface area contributed by atoms with Crippen molar-refractivity contribution in [1.29, 1.82) is 0 Å². The normalized spacial score (nSPS) is 16.2. The zero-order valence-electron chi connectivity index (χ0n) is 16.6. The molecule has 0 heterocycles. The van der Waals surface area contributed by atoms with Gasteiger partial charge in [0, 0.05) is 0 Å². The van der Waals surface area contributed by atoms with E-state index in [0.717, 1.165) is 51.4 Å². The molecule has 0 spiro atoms. The molecular formula is C20H38O4S. The Labute approximate surface area is 158 Å². The van der Waals surface area contributed by atoms with Crippen molar-refractivity contribution in [2.75, 3.05) is 0 Å². The Morgan fingerprint density at radius 2 is 1.04 bits per heavy atom. The first-order chi connectivity index (χ1) is 11.8. The van der Waals surface area contributed by atoms with Gasteiger partial charge in [-0.05, 0) is 25.7 Å². The lowest BCUT2D eigenvalue weighted by atomic mass is 9.96. The number of carbonyl (C=O) groups is 2. The number of thioether (sulfide) groups is 1. The molecule has 0 aliphatic rings. The van der Waals surface area contributed by atoms with E-state index in [4.69, 9.17) is 0 Å². The Hall–Kier alpha value is -0.710. The lowest BCUT2D eigenvalue weighted by Gasteiger charge is -2.37. The van der Waals surface area contributed by atoms with E-state index in [9.17, 15) is 19.8 Å². The van der Waals surface area contributed by atoms with E-state index in [1.165, 1.54) is 11.8 Å². The first-order valence-corrected chi connectivity index (χ1v) is 10.8. The van der Waals surface area contributed by atoms with Gasteiger partial charge in [-0.3, -0.25) is 9.59 Å². The average Bonchev–Trinajstić information content (AvgIpc) is 2.59. The number of aliphatic carboxylic acids is 2. The molecule has 148 valence electrons. The number of rotatable bonds is 16. The molecule has 0 aliphatic carbocycles. The molecule has 0 aliphatic heterocycles. The van der Waals surface area contributed by atoms with E-state index in [1.807, 2.05) is 13.8 Å². The molecule has 25 heavy (non-hydrogen) atoms. The monoisotopic (exact) mass is 374 g/mol. The van der Waals surface area contributed by atoms with E-state index in [0.29, 0.717) is 25.7 Å². The molecule has 0 radical (unpaired) electrons. The first kappa shape index (κ1) is 24.3. The predicted molar refractivity (Wildman–Crippen MR) is 106 cm³/mol. The molecule has 0 aromatic rings. The van der Waals surface area contributed by atoms with Gasteiger partial charge in [0.2, 0.25) is 0 Å². The zero-order chi connectivity index (χ0) is 19.3. The van der Waals surface area contributed by atoms with Crippen LogP contribution in [0.1, 0.15) is 105 Å². The zero-order valence-corrected chi connectivity index (χ0v) is 17.4. The molecule has 2 N–H and O–H groups in total. The maximum absolute atomic E-state index is 12.1. The third-order valence-electron chi connectivity index (χ3n) is 5.18. The van der Waals surface area contributed by atoms with E-state index >= 15 is 0 Å². The van der Waals surface area contributed by atoms with Gasteiger partial charge in [0.15, 0.2) is 0 Å². The van der Waals surface area contributed by atoms with Crippen molar-refractivity contribution >= 4 is 23.7 Å². The highest BCUT2D eigenvalue weighted by Gasteiger charge is 2.48. The van der Waals surface area contributed by atoms with Crippen LogP contribution in [-0.4, -0.2) is 31.6 Å². The Balaban J connectivity index is 5.29. The van der Waals surface area contributed by atoms with Gasteiger partial charge in [0.25, 0.3) is 0 Å². The average molecular weight is 375 g/mol. The lowest BCUT2D eigenvalue weighted by Crippen LogP contribution is -2.45. The first-order valence-electron chi connectivity index (χ1n) is 10.0. The minimum atomic E-state index is -0.993. The maximum atomic E-state index is 12.1. The van der Waals surface area contributed by atoms with Crippen LogP contribution >= 0.6 is 11.8 Å².